The number of halogens is 1. The molecule has 2 heterocycles. The lowest BCUT2D eigenvalue weighted by atomic mass is 10.1. The molecule has 2 aromatic carbocycles. The van der Waals surface area contributed by atoms with Crippen molar-refractivity contribution >= 4 is 28.5 Å². The molecule has 0 bridgehead atoms. The third-order valence-electron chi connectivity index (χ3n) is 5.87. The Labute approximate surface area is 180 Å². The Bertz CT molecular complexity index is 1150. The number of rotatable bonds is 5. The average molecular weight is 425 g/mol. The van der Waals surface area contributed by atoms with Crippen LogP contribution in [0.5, 0.6) is 0 Å². The van der Waals surface area contributed by atoms with Crippen LogP contribution in [0.3, 0.4) is 0 Å². The van der Waals surface area contributed by atoms with E-state index in [1.165, 1.54) is 6.07 Å². The van der Waals surface area contributed by atoms with Gasteiger partial charge in [-0.2, -0.15) is 0 Å². The van der Waals surface area contributed by atoms with Crippen molar-refractivity contribution in [1.29, 1.82) is 0 Å². The van der Waals surface area contributed by atoms with E-state index < -0.39 is 5.91 Å². The van der Waals surface area contributed by atoms with Crippen molar-refractivity contribution in [2.75, 3.05) is 19.6 Å². The van der Waals surface area contributed by atoms with E-state index in [0.717, 1.165) is 42.6 Å². The molecule has 0 radical (unpaired) electrons. The number of fused-ring (bicyclic) bond motifs is 1. The number of aryl methyl sites for hydroxylation is 2. The van der Waals surface area contributed by atoms with Gasteiger partial charge in [0.2, 0.25) is 0 Å². The third kappa shape index (κ3) is 4.13. The molecular formula is C24H25ClN2O3. The molecule has 4 rings (SSSR count). The fourth-order valence-corrected chi connectivity index (χ4v) is 4.30. The molecule has 1 aromatic heterocycles. The van der Waals surface area contributed by atoms with Crippen LogP contribution in [0.25, 0.3) is 11.0 Å². The summed E-state index contributed by atoms with van der Waals surface area (Å²) in [5.74, 6) is -0.376. The summed E-state index contributed by atoms with van der Waals surface area (Å²) in [5, 5.41) is 4.12. The molecular weight excluding hydrogens is 400 g/mol. The second-order valence-corrected chi connectivity index (χ2v) is 8.31. The lowest BCUT2D eigenvalue weighted by Crippen LogP contribution is -2.37. The number of hydrogen-bond donors (Lipinski definition) is 1. The maximum absolute atomic E-state index is 12.8. The Morgan fingerprint density at radius 2 is 1.83 bits per heavy atom. The largest absolute Gasteiger partial charge is 0.451 e. The number of likely N-dealkylation sites (tertiary alicyclic amines) is 1. The van der Waals surface area contributed by atoms with Gasteiger partial charge in [0.15, 0.2) is 11.2 Å². The number of nitrogens with zero attached hydrogens (tertiary/aromatic N) is 1. The first-order valence-corrected chi connectivity index (χ1v) is 10.6. The minimum atomic E-state index is -0.400. The summed E-state index contributed by atoms with van der Waals surface area (Å²) < 4.78 is 5.78. The molecule has 1 saturated heterocycles. The average Bonchev–Trinajstić information content (AvgIpc) is 3.25. The Kier molecular flexibility index (Phi) is 5.93. The van der Waals surface area contributed by atoms with Gasteiger partial charge in [0, 0.05) is 17.6 Å². The van der Waals surface area contributed by atoms with Gasteiger partial charge in [-0.15, -0.1) is 0 Å². The molecule has 0 aliphatic carbocycles. The van der Waals surface area contributed by atoms with Crippen LogP contribution in [0.1, 0.15) is 46.1 Å². The zero-order valence-electron chi connectivity index (χ0n) is 17.2. The summed E-state index contributed by atoms with van der Waals surface area (Å²) in [4.78, 5) is 27.7. The van der Waals surface area contributed by atoms with Crippen molar-refractivity contribution < 1.29 is 9.21 Å². The van der Waals surface area contributed by atoms with Crippen LogP contribution < -0.4 is 10.7 Å². The summed E-state index contributed by atoms with van der Waals surface area (Å²) in [6, 6.07) is 12.6. The zero-order chi connectivity index (χ0) is 21.3. The molecule has 1 aliphatic rings. The fraction of sp³-hybridized carbons (Fsp3) is 0.333. The highest BCUT2D eigenvalue weighted by molar-refractivity contribution is 6.31. The lowest BCUT2D eigenvalue weighted by Gasteiger charge is -2.28. The van der Waals surface area contributed by atoms with Crippen molar-refractivity contribution in [3.05, 3.63) is 80.2 Å². The number of benzene rings is 2. The molecule has 1 atom stereocenters. The molecule has 30 heavy (non-hydrogen) atoms. The Morgan fingerprint density at radius 3 is 2.57 bits per heavy atom. The predicted octanol–water partition coefficient (Wildman–Crippen LogP) is 4.63. The van der Waals surface area contributed by atoms with E-state index in [9.17, 15) is 9.59 Å². The monoisotopic (exact) mass is 424 g/mol. The highest BCUT2D eigenvalue weighted by atomic mass is 35.5. The van der Waals surface area contributed by atoms with Gasteiger partial charge in [0.25, 0.3) is 5.91 Å². The first kappa shape index (κ1) is 20.6. The summed E-state index contributed by atoms with van der Waals surface area (Å²) in [6.45, 7) is 6.22. The molecule has 0 spiro atoms. The van der Waals surface area contributed by atoms with Crippen LogP contribution in [0.2, 0.25) is 5.02 Å². The van der Waals surface area contributed by atoms with E-state index in [4.69, 9.17) is 16.0 Å². The molecule has 6 heteroatoms. The van der Waals surface area contributed by atoms with E-state index in [1.807, 2.05) is 38.1 Å². The van der Waals surface area contributed by atoms with Crippen LogP contribution in [0.15, 0.2) is 51.7 Å². The maximum atomic E-state index is 12.8. The SMILES string of the molecule is Cc1cc2oc(C(=O)NCC(c3ccccc3Cl)N3CCCC3)cc(=O)c2cc1C. The van der Waals surface area contributed by atoms with Crippen molar-refractivity contribution in [2.24, 2.45) is 0 Å². The van der Waals surface area contributed by atoms with Crippen LogP contribution in [0.4, 0.5) is 0 Å². The van der Waals surface area contributed by atoms with Gasteiger partial charge in [0.1, 0.15) is 5.58 Å². The van der Waals surface area contributed by atoms with E-state index in [2.05, 4.69) is 10.2 Å². The van der Waals surface area contributed by atoms with Crippen LogP contribution >= 0.6 is 11.6 Å². The zero-order valence-corrected chi connectivity index (χ0v) is 18.0. The van der Waals surface area contributed by atoms with E-state index in [0.29, 0.717) is 22.5 Å². The molecule has 1 fully saturated rings. The molecule has 1 unspecified atom stereocenters. The third-order valence-corrected chi connectivity index (χ3v) is 6.21. The van der Waals surface area contributed by atoms with Crippen molar-refractivity contribution in [2.45, 2.75) is 32.7 Å². The fourth-order valence-electron chi connectivity index (χ4n) is 4.03. The van der Waals surface area contributed by atoms with Gasteiger partial charge < -0.3 is 9.73 Å². The Hall–Kier alpha value is -2.63. The van der Waals surface area contributed by atoms with Crippen LogP contribution in [-0.2, 0) is 0 Å². The van der Waals surface area contributed by atoms with E-state index >= 15 is 0 Å². The molecule has 0 saturated carbocycles. The lowest BCUT2D eigenvalue weighted by molar-refractivity contribution is 0.0910. The molecule has 3 aromatic rings. The van der Waals surface area contributed by atoms with Gasteiger partial charge in [-0.3, -0.25) is 14.5 Å². The van der Waals surface area contributed by atoms with Gasteiger partial charge in [-0.1, -0.05) is 29.8 Å². The standard InChI is InChI=1S/C24H25ClN2O3/c1-15-11-18-21(28)13-23(30-22(18)12-16(15)2)24(29)26-14-20(27-9-5-6-10-27)17-7-3-4-8-19(17)25/h3-4,7-8,11-13,20H,5-6,9-10,14H2,1-2H3,(H,26,29). The van der Waals surface area contributed by atoms with E-state index in [1.54, 1.807) is 12.1 Å². The van der Waals surface area contributed by atoms with Gasteiger partial charge in [0.05, 0.1) is 11.4 Å². The molecule has 1 aliphatic heterocycles. The molecule has 156 valence electrons. The minimum Gasteiger partial charge on any atom is -0.451 e. The van der Waals surface area contributed by atoms with Crippen molar-refractivity contribution in [1.82, 2.24) is 10.2 Å². The molecule has 5 nitrogen and oxygen atoms in total. The van der Waals surface area contributed by atoms with Crippen molar-refractivity contribution in [3.8, 4) is 0 Å². The number of nitrogens with one attached hydrogen (secondary N) is 1. The van der Waals surface area contributed by atoms with Crippen molar-refractivity contribution in [3.63, 3.8) is 0 Å². The van der Waals surface area contributed by atoms with E-state index in [-0.39, 0.29) is 17.2 Å². The Morgan fingerprint density at radius 1 is 1.13 bits per heavy atom. The number of carbonyl (C=O) groups is 1. The molecule has 1 N–H and O–H groups in total. The first-order chi connectivity index (χ1) is 14.4. The first-order valence-electron chi connectivity index (χ1n) is 10.3. The predicted molar refractivity (Wildman–Crippen MR) is 119 cm³/mol. The highest BCUT2D eigenvalue weighted by Gasteiger charge is 2.26. The molecule has 1 amide bonds. The summed E-state index contributed by atoms with van der Waals surface area (Å²) >= 11 is 6.44. The highest BCUT2D eigenvalue weighted by Crippen LogP contribution is 2.29. The normalized spacial score (nSPS) is 15.4. The minimum absolute atomic E-state index is 0.0232. The maximum Gasteiger partial charge on any atom is 0.287 e. The summed E-state index contributed by atoms with van der Waals surface area (Å²) in [6.07, 6.45) is 2.26. The number of hydrogen-bond acceptors (Lipinski definition) is 4. The Balaban J connectivity index is 1.58. The van der Waals surface area contributed by atoms with Crippen LogP contribution in [-0.4, -0.2) is 30.4 Å². The number of amides is 1. The van der Waals surface area contributed by atoms with Gasteiger partial charge in [-0.25, -0.2) is 0 Å². The summed E-state index contributed by atoms with van der Waals surface area (Å²) in [7, 11) is 0. The second kappa shape index (κ2) is 8.62. The van der Waals surface area contributed by atoms with Crippen LogP contribution in [0, 0.1) is 13.8 Å². The van der Waals surface area contributed by atoms with Gasteiger partial charge in [-0.05, 0) is 74.7 Å². The smallest absolute Gasteiger partial charge is 0.287 e. The number of carbonyl (C=O) groups excluding carboxylic acids is 1. The topological polar surface area (TPSA) is 62.6 Å². The quantitative estimate of drug-likeness (QED) is 0.648. The summed E-state index contributed by atoms with van der Waals surface area (Å²) in [5.41, 5.74) is 3.23. The second-order valence-electron chi connectivity index (χ2n) is 7.90. The van der Waals surface area contributed by atoms with Gasteiger partial charge >= 0.3 is 0 Å².